The van der Waals surface area contributed by atoms with Gasteiger partial charge in [-0.1, -0.05) is 0 Å². The summed E-state index contributed by atoms with van der Waals surface area (Å²) in [6.07, 6.45) is -1.35. The lowest BCUT2D eigenvalue weighted by Crippen LogP contribution is -2.47. The zero-order valence-corrected chi connectivity index (χ0v) is 16.5. The van der Waals surface area contributed by atoms with Gasteiger partial charge in [-0.15, -0.1) is 0 Å². The lowest BCUT2D eigenvalue weighted by atomic mass is 10.1. The molecule has 0 saturated heterocycles. The molecule has 8 heteroatoms. The van der Waals surface area contributed by atoms with E-state index in [-0.39, 0.29) is 11.5 Å². The number of nitrogens with one attached hydrogen (secondary N) is 1. The van der Waals surface area contributed by atoms with Crippen LogP contribution < -0.4 is 10.1 Å². The van der Waals surface area contributed by atoms with E-state index in [1.165, 1.54) is 24.3 Å². The van der Waals surface area contributed by atoms with Gasteiger partial charge in [0.2, 0.25) is 0 Å². The molecule has 2 N–H and O–H groups in total. The smallest absolute Gasteiger partial charge is 0.413 e. The third-order valence-electron chi connectivity index (χ3n) is 2.82. The fourth-order valence-electron chi connectivity index (χ4n) is 1.91. The number of carbonyl (C=O) groups is 3. The van der Waals surface area contributed by atoms with Crippen molar-refractivity contribution < 1.29 is 33.7 Å². The summed E-state index contributed by atoms with van der Waals surface area (Å²) in [5.41, 5.74) is -1.53. The van der Waals surface area contributed by atoms with Crippen LogP contribution in [0.2, 0.25) is 0 Å². The lowest BCUT2D eigenvalue weighted by Gasteiger charge is -2.25. The van der Waals surface area contributed by atoms with Crippen molar-refractivity contribution in [1.82, 2.24) is 5.32 Å². The van der Waals surface area contributed by atoms with Gasteiger partial charge in [0, 0.05) is 0 Å². The van der Waals surface area contributed by atoms with Gasteiger partial charge in [-0.3, -0.25) is 4.79 Å². The molecule has 8 nitrogen and oxygen atoms in total. The minimum absolute atomic E-state index is 0.0133. The number of rotatable bonds is 5. The second-order valence-corrected chi connectivity index (χ2v) is 7.90. The molecule has 0 aliphatic rings. The van der Waals surface area contributed by atoms with E-state index in [1.807, 2.05) is 0 Å². The van der Waals surface area contributed by atoms with Crippen LogP contribution in [0.25, 0.3) is 0 Å². The number of esters is 2. The van der Waals surface area contributed by atoms with E-state index in [0.717, 1.165) is 0 Å². The van der Waals surface area contributed by atoms with Crippen LogP contribution in [-0.4, -0.2) is 40.4 Å². The van der Waals surface area contributed by atoms with Crippen LogP contribution >= 0.6 is 0 Å². The fraction of sp³-hybridized carbons (Fsp3) is 0.526. The van der Waals surface area contributed by atoms with Gasteiger partial charge in [0.05, 0.1) is 6.42 Å². The van der Waals surface area contributed by atoms with E-state index in [1.54, 1.807) is 41.5 Å². The third-order valence-corrected chi connectivity index (χ3v) is 2.82. The van der Waals surface area contributed by atoms with Crippen molar-refractivity contribution in [3.05, 3.63) is 24.3 Å². The molecule has 1 aromatic rings. The normalized spacial score (nSPS) is 12.7. The van der Waals surface area contributed by atoms with Gasteiger partial charge >= 0.3 is 18.0 Å². The summed E-state index contributed by atoms with van der Waals surface area (Å²) >= 11 is 0. The summed E-state index contributed by atoms with van der Waals surface area (Å²) in [5, 5.41) is 11.6. The summed E-state index contributed by atoms with van der Waals surface area (Å²) in [6, 6.07) is 4.17. The number of benzene rings is 1. The van der Waals surface area contributed by atoms with Crippen molar-refractivity contribution in [1.29, 1.82) is 0 Å². The molecule has 1 rings (SSSR count). The highest BCUT2D eigenvalue weighted by molar-refractivity contribution is 5.87. The Morgan fingerprint density at radius 1 is 0.963 bits per heavy atom. The summed E-state index contributed by atoms with van der Waals surface area (Å²) in [6.45, 7) is 10.1. The molecule has 1 atom stereocenters. The quantitative estimate of drug-likeness (QED) is 0.754. The van der Waals surface area contributed by atoms with Crippen LogP contribution in [-0.2, 0) is 19.1 Å². The molecule has 0 aliphatic heterocycles. The molecular weight excluding hydrogens is 354 g/mol. The maximum atomic E-state index is 12.4. The van der Waals surface area contributed by atoms with Crippen LogP contribution in [0.4, 0.5) is 4.79 Å². The number of aromatic hydroxyl groups is 1. The van der Waals surface area contributed by atoms with Crippen molar-refractivity contribution in [3.8, 4) is 11.5 Å². The Hall–Kier alpha value is -2.77. The van der Waals surface area contributed by atoms with Gasteiger partial charge in [0.15, 0.2) is 0 Å². The maximum Gasteiger partial charge on any atom is 0.413 e. The highest BCUT2D eigenvalue weighted by atomic mass is 16.6. The summed E-state index contributed by atoms with van der Waals surface area (Å²) in [5.74, 6) is -1.27. The molecule has 0 aromatic heterocycles. The van der Waals surface area contributed by atoms with Gasteiger partial charge in [-0.2, -0.15) is 0 Å². The first-order chi connectivity index (χ1) is 12.2. The molecule has 0 heterocycles. The number of ether oxygens (including phenoxy) is 3. The lowest BCUT2D eigenvalue weighted by molar-refractivity contribution is -0.164. The van der Waals surface area contributed by atoms with Crippen LogP contribution in [0.5, 0.6) is 11.5 Å². The molecule has 27 heavy (non-hydrogen) atoms. The Morgan fingerprint density at radius 3 is 1.96 bits per heavy atom. The molecule has 0 fully saturated rings. The van der Waals surface area contributed by atoms with E-state index in [2.05, 4.69) is 5.32 Å². The maximum absolute atomic E-state index is 12.4. The van der Waals surface area contributed by atoms with Crippen LogP contribution in [0, 0.1) is 0 Å². The van der Waals surface area contributed by atoms with Gasteiger partial charge in [-0.05, 0) is 65.8 Å². The van der Waals surface area contributed by atoms with E-state index >= 15 is 0 Å². The van der Waals surface area contributed by atoms with Gasteiger partial charge in [0.25, 0.3) is 0 Å². The second-order valence-electron chi connectivity index (χ2n) is 7.90. The van der Waals surface area contributed by atoms with E-state index < -0.39 is 41.7 Å². The topological polar surface area (TPSA) is 111 Å². The molecule has 1 amide bonds. The third kappa shape index (κ3) is 9.48. The minimum Gasteiger partial charge on any atom is -0.508 e. The molecule has 0 saturated carbocycles. The summed E-state index contributed by atoms with van der Waals surface area (Å²) in [7, 11) is 0. The first-order valence-electron chi connectivity index (χ1n) is 8.47. The Bertz CT molecular complexity index is 669. The SMILES string of the molecule is CC(C)(C)OC(=O)CC(NC(=O)Oc1ccc(O)cc1)C(=O)OC(C)(C)C. The van der Waals surface area contributed by atoms with Crippen molar-refractivity contribution in [2.75, 3.05) is 0 Å². The molecule has 0 radical (unpaired) electrons. The van der Waals surface area contributed by atoms with E-state index in [9.17, 15) is 19.5 Å². The molecule has 0 spiro atoms. The molecule has 1 aromatic carbocycles. The molecule has 1 unspecified atom stereocenters. The zero-order chi connectivity index (χ0) is 20.8. The highest BCUT2D eigenvalue weighted by Gasteiger charge is 2.31. The van der Waals surface area contributed by atoms with E-state index in [4.69, 9.17) is 14.2 Å². The zero-order valence-electron chi connectivity index (χ0n) is 16.5. The molecule has 0 bridgehead atoms. The Labute approximate surface area is 158 Å². The average molecular weight is 381 g/mol. The predicted molar refractivity (Wildman–Crippen MR) is 97.4 cm³/mol. The Kier molecular flexibility index (Phi) is 7.21. The first kappa shape index (κ1) is 22.3. The fourth-order valence-corrected chi connectivity index (χ4v) is 1.91. The standard InChI is InChI=1S/C19H27NO7/c1-18(2,3)26-15(22)11-14(16(23)27-19(4,5)6)20-17(24)25-13-9-7-12(21)8-10-13/h7-10,14,21H,11H2,1-6H3,(H,20,24). The number of hydrogen-bond donors (Lipinski definition) is 2. The highest BCUT2D eigenvalue weighted by Crippen LogP contribution is 2.17. The van der Waals surface area contributed by atoms with Gasteiger partial charge in [-0.25, -0.2) is 9.59 Å². The average Bonchev–Trinajstić information content (AvgIpc) is 2.45. The van der Waals surface area contributed by atoms with Crippen LogP contribution in [0.3, 0.4) is 0 Å². The van der Waals surface area contributed by atoms with E-state index in [0.29, 0.717) is 0 Å². The summed E-state index contributed by atoms with van der Waals surface area (Å²) in [4.78, 5) is 36.5. The number of phenols is 1. The van der Waals surface area contributed by atoms with Crippen molar-refractivity contribution in [2.24, 2.45) is 0 Å². The van der Waals surface area contributed by atoms with Gasteiger partial charge < -0.3 is 24.6 Å². The number of carbonyl (C=O) groups excluding carboxylic acids is 3. The molecule has 0 aliphatic carbocycles. The monoisotopic (exact) mass is 381 g/mol. The first-order valence-corrected chi connectivity index (χ1v) is 8.47. The largest absolute Gasteiger partial charge is 0.508 e. The minimum atomic E-state index is -1.27. The number of phenolic OH excluding ortho intramolecular Hbond substituents is 1. The molecule has 150 valence electrons. The predicted octanol–water partition coefficient (Wildman–Crippen LogP) is 2.92. The van der Waals surface area contributed by atoms with Crippen LogP contribution in [0.15, 0.2) is 24.3 Å². The molecular formula is C19H27NO7. The number of amides is 1. The van der Waals surface area contributed by atoms with Gasteiger partial charge in [0.1, 0.15) is 28.7 Å². The summed E-state index contributed by atoms with van der Waals surface area (Å²) < 4.78 is 15.5. The Balaban J connectivity index is 2.82. The van der Waals surface area contributed by atoms with Crippen molar-refractivity contribution in [3.63, 3.8) is 0 Å². The second kappa shape index (κ2) is 8.75. The Morgan fingerprint density at radius 2 is 1.48 bits per heavy atom. The van der Waals surface area contributed by atoms with Crippen molar-refractivity contribution in [2.45, 2.75) is 65.2 Å². The number of hydrogen-bond acceptors (Lipinski definition) is 7. The van der Waals surface area contributed by atoms with Crippen LogP contribution in [0.1, 0.15) is 48.0 Å². The van der Waals surface area contributed by atoms with Crippen molar-refractivity contribution >= 4 is 18.0 Å².